The lowest BCUT2D eigenvalue weighted by Gasteiger charge is -2.46. The first-order valence-corrected chi connectivity index (χ1v) is 8.87. The number of carbonyl (C=O) groups is 1. The van der Waals surface area contributed by atoms with Crippen molar-refractivity contribution in [2.24, 2.45) is 0 Å². The number of ether oxygens (including phenoxy) is 2. The maximum Gasteiger partial charge on any atom is 0.411 e. The van der Waals surface area contributed by atoms with Gasteiger partial charge in [0.15, 0.2) is 0 Å². The Morgan fingerprint density at radius 3 is 2.30 bits per heavy atom. The number of nitrogens with one attached hydrogen (secondary N) is 1. The Bertz CT molecular complexity index is 771. The number of para-hydroxylation sites is 1. The summed E-state index contributed by atoms with van der Waals surface area (Å²) in [6.07, 6.45) is -1.11. The number of benzene rings is 2. The molecule has 6 heteroatoms. The second kappa shape index (κ2) is 7.68. The molecule has 2 aromatic rings. The second-order valence-electron chi connectivity index (χ2n) is 7.46. The van der Waals surface area contributed by atoms with Crippen molar-refractivity contribution in [3.05, 3.63) is 65.7 Å². The Labute approximate surface area is 159 Å². The molecule has 0 saturated carbocycles. The molecule has 27 heavy (non-hydrogen) atoms. The predicted molar refractivity (Wildman–Crippen MR) is 101 cm³/mol. The molecule has 1 heterocycles. The van der Waals surface area contributed by atoms with Gasteiger partial charge in [-0.1, -0.05) is 42.5 Å². The first-order chi connectivity index (χ1) is 12.8. The highest BCUT2D eigenvalue weighted by Gasteiger charge is 2.47. The summed E-state index contributed by atoms with van der Waals surface area (Å²) in [6, 6.07) is 16.6. The average Bonchev–Trinajstić information content (AvgIpc) is 2.64. The molecule has 6 nitrogen and oxygen atoms in total. The monoisotopic (exact) mass is 371 g/mol. The lowest BCUT2D eigenvalue weighted by atomic mass is 9.89. The minimum Gasteiger partial charge on any atom is -0.444 e. The van der Waals surface area contributed by atoms with Crippen LogP contribution in [0.15, 0.2) is 54.6 Å². The lowest BCUT2D eigenvalue weighted by molar-refractivity contribution is -0.504. The molecule has 0 bridgehead atoms. The van der Waals surface area contributed by atoms with Gasteiger partial charge in [-0.15, -0.1) is 0 Å². The van der Waals surface area contributed by atoms with Crippen LogP contribution in [0.1, 0.15) is 45.1 Å². The molecule has 1 N–H and O–H groups in total. The summed E-state index contributed by atoms with van der Waals surface area (Å²) in [5.41, 5.74) is 1.32. The quantitative estimate of drug-likeness (QED) is 0.769. The van der Waals surface area contributed by atoms with E-state index in [1.165, 1.54) is 0 Å². The van der Waals surface area contributed by atoms with Gasteiger partial charge in [-0.25, -0.2) is 9.68 Å². The van der Waals surface area contributed by atoms with Gasteiger partial charge in [0.1, 0.15) is 12.2 Å². The van der Waals surface area contributed by atoms with E-state index in [-0.39, 0.29) is 6.61 Å². The van der Waals surface area contributed by atoms with Gasteiger partial charge in [-0.3, -0.25) is 5.32 Å². The van der Waals surface area contributed by atoms with Crippen molar-refractivity contribution >= 4 is 11.8 Å². The standard InChI is InChI=1S/C21H25NO5/c1-20(2)21(3,4)27-26-18(25-20)16-12-10-15(11-13-16)14-24-19(23)22-17-8-6-5-7-9-17/h5-13,18H,14H2,1-4H3,(H,22,23). The normalized spacial score (nSPS) is 20.7. The van der Waals surface area contributed by atoms with Gasteiger partial charge in [-0.2, -0.15) is 4.89 Å². The SMILES string of the molecule is CC1(C)OOC(c2ccc(COC(=O)Nc3ccccc3)cc2)OC1(C)C. The highest BCUT2D eigenvalue weighted by atomic mass is 17.2. The molecule has 1 amide bonds. The number of rotatable bonds is 4. The number of amides is 1. The summed E-state index contributed by atoms with van der Waals surface area (Å²) >= 11 is 0. The molecule has 3 rings (SSSR count). The Morgan fingerprint density at radius 1 is 1.00 bits per heavy atom. The summed E-state index contributed by atoms with van der Waals surface area (Å²) in [6.45, 7) is 7.95. The van der Waals surface area contributed by atoms with Crippen LogP contribution in [0.25, 0.3) is 0 Å². The summed E-state index contributed by atoms with van der Waals surface area (Å²) in [5, 5.41) is 2.67. The third-order valence-corrected chi connectivity index (χ3v) is 4.84. The first-order valence-electron chi connectivity index (χ1n) is 8.87. The van der Waals surface area contributed by atoms with Crippen LogP contribution < -0.4 is 5.32 Å². The minimum absolute atomic E-state index is 0.167. The van der Waals surface area contributed by atoms with Gasteiger partial charge >= 0.3 is 6.09 Å². The molecule has 1 aliphatic heterocycles. The fourth-order valence-corrected chi connectivity index (χ4v) is 2.41. The third kappa shape index (κ3) is 4.66. The van der Waals surface area contributed by atoms with E-state index in [0.717, 1.165) is 11.1 Å². The van der Waals surface area contributed by atoms with Gasteiger partial charge in [0.05, 0.1) is 5.60 Å². The van der Waals surface area contributed by atoms with E-state index < -0.39 is 23.6 Å². The van der Waals surface area contributed by atoms with Crippen LogP contribution in [-0.2, 0) is 25.9 Å². The lowest BCUT2D eigenvalue weighted by Crippen LogP contribution is -2.53. The molecule has 1 unspecified atom stereocenters. The maximum absolute atomic E-state index is 11.8. The Morgan fingerprint density at radius 2 is 1.67 bits per heavy atom. The molecule has 144 valence electrons. The van der Waals surface area contributed by atoms with Crippen LogP contribution in [-0.4, -0.2) is 17.3 Å². The predicted octanol–water partition coefficient (Wildman–Crippen LogP) is 4.97. The van der Waals surface area contributed by atoms with E-state index in [1.807, 2.05) is 70.2 Å². The second-order valence-corrected chi connectivity index (χ2v) is 7.46. The van der Waals surface area contributed by atoms with Crippen molar-refractivity contribution in [2.75, 3.05) is 5.32 Å². The van der Waals surface area contributed by atoms with Crippen LogP contribution in [0.2, 0.25) is 0 Å². The molecule has 2 aromatic carbocycles. The van der Waals surface area contributed by atoms with Crippen LogP contribution >= 0.6 is 0 Å². The zero-order valence-electron chi connectivity index (χ0n) is 16.0. The topological polar surface area (TPSA) is 66.0 Å². The van der Waals surface area contributed by atoms with Gasteiger partial charge in [0.2, 0.25) is 6.29 Å². The summed E-state index contributed by atoms with van der Waals surface area (Å²) in [4.78, 5) is 22.8. The minimum atomic E-state index is -0.607. The van der Waals surface area contributed by atoms with Crippen LogP contribution in [0, 0.1) is 0 Å². The van der Waals surface area contributed by atoms with Crippen LogP contribution in [0.3, 0.4) is 0 Å². The Balaban J connectivity index is 1.54. The van der Waals surface area contributed by atoms with Gasteiger partial charge in [0.25, 0.3) is 0 Å². The van der Waals surface area contributed by atoms with E-state index >= 15 is 0 Å². The molecule has 0 aromatic heterocycles. The van der Waals surface area contributed by atoms with E-state index in [4.69, 9.17) is 19.2 Å². The van der Waals surface area contributed by atoms with Crippen molar-refractivity contribution in [2.45, 2.75) is 51.8 Å². The summed E-state index contributed by atoms with van der Waals surface area (Å²) < 4.78 is 11.3. The number of hydrogen-bond donors (Lipinski definition) is 1. The molecule has 0 aliphatic carbocycles. The van der Waals surface area contributed by atoms with Gasteiger partial charge in [-0.05, 0) is 45.4 Å². The first kappa shape index (κ1) is 19.4. The van der Waals surface area contributed by atoms with E-state index in [0.29, 0.717) is 5.69 Å². The number of anilines is 1. The number of carbonyl (C=O) groups excluding carboxylic acids is 1. The number of hydrogen-bond acceptors (Lipinski definition) is 5. The summed E-state index contributed by atoms with van der Waals surface area (Å²) in [7, 11) is 0. The van der Waals surface area contributed by atoms with Crippen LogP contribution in [0.4, 0.5) is 10.5 Å². The molecule has 1 atom stereocenters. The Hall–Kier alpha value is -2.41. The van der Waals surface area contributed by atoms with Crippen molar-refractivity contribution in [1.82, 2.24) is 0 Å². The molecule has 0 spiro atoms. The smallest absolute Gasteiger partial charge is 0.411 e. The maximum atomic E-state index is 11.8. The molecular formula is C21H25NO5. The molecule has 1 fully saturated rings. The van der Waals surface area contributed by atoms with Gasteiger partial charge in [0, 0.05) is 11.3 Å². The van der Waals surface area contributed by atoms with E-state index in [1.54, 1.807) is 12.1 Å². The molecule has 1 saturated heterocycles. The van der Waals surface area contributed by atoms with E-state index in [9.17, 15) is 4.79 Å². The fraction of sp³-hybridized carbons (Fsp3) is 0.381. The highest BCUT2D eigenvalue weighted by Crippen LogP contribution is 2.40. The largest absolute Gasteiger partial charge is 0.444 e. The zero-order valence-corrected chi connectivity index (χ0v) is 16.0. The molecule has 1 aliphatic rings. The van der Waals surface area contributed by atoms with Crippen LogP contribution in [0.5, 0.6) is 0 Å². The molecule has 0 radical (unpaired) electrons. The average molecular weight is 371 g/mol. The van der Waals surface area contributed by atoms with Gasteiger partial charge < -0.3 is 9.47 Å². The summed E-state index contributed by atoms with van der Waals surface area (Å²) in [5.74, 6) is 0. The highest BCUT2D eigenvalue weighted by molar-refractivity contribution is 5.84. The van der Waals surface area contributed by atoms with Crippen molar-refractivity contribution < 1.29 is 24.0 Å². The van der Waals surface area contributed by atoms with Crippen molar-refractivity contribution in [1.29, 1.82) is 0 Å². The van der Waals surface area contributed by atoms with Crippen molar-refractivity contribution in [3.63, 3.8) is 0 Å². The molecular weight excluding hydrogens is 346 g/mol. The Kier molecular flexibility index (Phi) is 5.51. The fourth-order valence-electron chi connectivity index (χ4n) is 2.41. The van der Waals surface area contributed by atoms with E-state index in [2.05, 4.69) is 5.32 Å². The zero-order chi connectivity index (χ0) is 19.5. The third-order valence-electron chi connectivity index (χ3n) is 4.84. The van der Waals surface area contributed by atoms with Crippen molar-refractivity contribution in [3.8, 4) is 0 Å².